The third kappa shape index (κ3) is 2.88. The molecule has 26 heavy (non-hydrogen) atoms. The van der Waals surface area contributed by atoms with E-state index in [2.05, 4.69) is 9.72 Å². The van der Waals surface area contributed by atoms with Crippen LogP contribution in [-0.2, 0) is 0 Å². The van der Waals surface area contributed by atoms with Gasteiger partial charge in [0.15, 0.2) is 17.4 Å². The van der Waals surface area contributed by atoms with Crippen LogP contribution in [0.2, 0.25) is 0 Å². The van der Waals surface area contributed by atoms with Gasteiger partial charge < -0.3 is 25.0 Å². The minimum absolute atomic E-state index is 0.0199. The number of carboxylic acid groups (broad SMARTS) is 1. The number of rotatable bonds is 4. The Hall–Kier alpha value is -2.68. The molecule has 1 aliphatic heterocycles. The number of nitrogens with zero attached hydrogens (tertiary/aromatic N) is 3. The van der Waals surface area contributed by atoms with Crippen molar-refractivity contribution >= 4 is 23.0 Å². The number of pyridine rings is 2. The Morgan fingerprint density at radius 3 is 2.81 bits per heavy atom. The maximum Gasteiger partial charge on any atom is 0.511 e. The number of aromatic nitrogens is 2. The standard InChI is InChI=1S/C17H19FN4O4/c18-12-5-11-14(23)13(26-17(24)25)8-22(10-1-2-10)15(11)20-16(12)21-4-3-9(6-19)7-21/h5,8-10H,1-4,6-7,19H2,(H,24,25). The summed E-state index contributed by atoms with van der Waals surface area (Å²) < 4.78 is 21.0. The van der Waals surface area contributed by atoms with E-state index >= 15 is 0 Å². The van der Waals surface area contributed by atoms with Crippen molar-refractivity contribution in [3.05, 3.63) is 28.3 Å². The van der Waals surface area contributed by atoms with Crippen LogP contribution < -0.4 is 20.8 Å². The topological polar surface area (TPSA) is 111 Å². The van der Waals surface area contributed by atoms with Crippen molar-refractivity contribution in [2.45, 2.75) is 25.3 Å². The fraction of sp³-hybridized carbons (Fsp3) is 0.471. The first-order valence-electron chi connectivity index (χ1n) is 8.59. The van der Waals surface area contributed by atoms with Gasteiger partial charge in [-0.2, -0.15) is 0 Å². The molecule has 2 aromatic heterocycles. The van der Waals surface area contributed by atoms with Crippen LogP contribution in [0.25, 0.3) is 11.0 Å². The average Bonchev–Trinajstić information content (AvgIpc) is 3.34. The molecule has 0 amide bonds. The zero-order valence-corrected chi connectivity index (χ0v) is 14.0. The summed E-state index contributed by atoms with van der Waals surface area (Å²) in [6.45, 7) is 1.82. The van der Waals surface area contributed by atoms with Crippen LogP contribution in [0.1, 0.15) is 25.3 Å². The minimum atomic E-state index is -1.58. The third-order valence-electron chi connectivity index (χ3n) is 4.96. The minimum Gasteiger partial charge on any atom is -0.449 e. The molecule has 1 aliphatic carbocycles. The van der Waals surface area contributed by atoms with Crippen molar-refractivity contribution in [1.82, 2.24) is 9.55 Å². The van der Waals surface area contributed by atoms with Crippen molar-refractivity contribution in [3.63, 3.8) is 0 Å². The van der Waals surface area contributed by atoms with Crippen molar-refractivity contribution in [2.75, 3.05) is 24.5 Å². The van der Waals surface area contributed by atoms with E-state index < -0.39 is 17.4 Å². The highest BCUT2D eigenvalue weighted by molar-refractivity contribution is 5.80. The smallest absolute Gasteiger partial charge is 0.449 e. The molecule has 9 heteroatoms. The van der Waals surface area contributed by atoms with Crippen LogP contribution in [0.15, 0.2) is 17.1 Å². The second-order valence-corrected chi connectivity index (χ2v) is 6.83. The number of hydrogen-bond acceptors (Lipinski definition) is 6. The zero-order chi connectivity index (χ0) is 18.4. The van der Waals surface area contributed by atoms with Gasteiger partial charge in [-0.05, 0) is 37.8 Å². The summed E-state index contributed by atoms with van der Waals surface area (Å²) in [5.74, 6) is -0.449. The van der Waals surface area contributed by atoms with E-state index in [1.54, 1.807) is 4.57 Å². The fourth-order valence-electron chi connectivity index (χ4n) is 3.45. The molecule has 1 unspecified atom stereocenters. The number of halogens is 1. The fourth-order valence-corrected chi connectivity index (χ4v) is 3.45. The summed E-state index contributed by atoms with van der Waals surface area (Å²) in [6, 6.07) is 1.24. The maximum atomic E-state index is 14.7. The van der Waals surface area contributed by atoms with Crippen LogP contribution in [-0.4, -0.2) is 40.4 Å². The second kappa shape index (κ2) is 6.24. The van der Waals surface area contributed by atoms with Gasteiger partial charge in [-0.1, -0.05) is 0 Å². The first-order valence-corrected chi connectivity index (χ1v) is 8.59. The molecule has 1 saturated carbocycles. The highest BCUT2D eigenvalue weighted by Gasteiger charge is 2.30. The Kier molecular flexibility index (Phi) is 4.03. The largest absolute Gasteiger partial charge is 0.511 e. The van der Waals surface area contributed by atoms with E-state index in [9.17, 15) is 14.0 Å². The summed E-state index contributed by atoms with van der Waals surface area (Å²) in [7, 11) is 0. The van der Waals surface area contributed by atoms with Crippen molar-refractivity contribution < 1.29 is 19.0 Å². The van der Waals surface area contributed by atoms with Gasteiger partial charge in [0.25, 0.3) is 0 Å². The van der Waals surface area contributed by atoms with Crippen LogP contribution in [0.5, 0.6) is 5.75 Å². The lowest BCUT2D eigenvalue weighted by Gasteiger charge is -2.20. The van der Waals surface area contributed by atoms with Crippen LogP contribution in [0, 0.1) is 11.7 Å². The molecule has 2 aliphatic rings. The SMILES string of the molecule is NCC1CCN(c2nc3c(cc2F)c(=O)c(OC(=O)O)cn3C2CC2)C1. The molecule has 4 rings (SSSR count). The lowest BCUT2D eigenvalue weighted by Crippen LogP contribution is -2.25. The second-order valence-electron chi connectivity index (χ2n) is 6.83. The van der Waals surface area contributed by atoms with E-state index in [0.29, 0.717) is 31.2 Å². The third-order valence-corrected chi connectivity index (χ3v) is 4.96. The van der Waals surface area contributed by atoms with Crippen molar-refractivity contribution in [1.29, 1.82) is 0 Å². The van der Waals surface area contributed by atoms with Gasteiger partial charge in [0.1, 0.15) is 5.65 Å². The Morgan fingerprint density at radius 2 is 2.19 bits per heavy atom. The molecular formula is C17H19FN4O4. The van der Waals surface area contributed by atoms with E-state index in [1.807, 2.05) is 4.90 Å². The monoisotopic (exact) mass is 362 g/mol. The highest BCUT2D eigenvalue weighted by Crippen LogP contribution is 2.38. The number of anilines is 1. The Labute approximate surface area is 148 Å². The van der Waals surface area contributed by atoms with Gasteiger partial charge in [-0.3, -0.25) is 4.79 Å². The molecule has 8 nitrogen and oxygen atoms in total. The number of fused-ring (bicyclic) bond motifs is 1. The summed E-state index contributed by atoms with van der Waals surface area (Å²) in [5, 5.41) is 8.84. The Balaban J connectivity index is 1.86. The van der Waals surface area contributed by atoms with Crippen LogP contribution in [0.3, 0.4) is 0 Å². The summed E-state index contributed by atoms with van der Waals surface area (Å²) >= 11 is 0. The number of nitrogens with two attached hydrogens (primary N) is 1. The van der Waals surface area contributed by atoms with Crippen molar-refractivity contribution in [2.24, 2.45) is 11.7 Å². The molecule has 0 bridgehead atoms. The molecule has 0 aromatic carbocycles. The number of ether oxygens (including phenoxy) is 1. The molecule has 1 atom stereocenters. The van der Waals surface area contributed by atoms with Gasteiger partial charge in [-0.25, -0.2) is 14.2 Å². The van der Waals surface area contributed by atoms with E-state index in [-0.39, 0.29) is 23.0 Å². The predicted octanol–water partition coefficient (Wildman–Crippen LogP) is 1.71. The van der Waals surface area contributed by atoms with Crippen LogP contribution in [0.4, 0.5) is 15.0 Å². The maximum absolute atomic E-state index is 14.7. The quantitative estimate of drug-likeness (QED) is 0.797. The molecule has 3 N–H and O–H groups in total. The lowest BCUT2D eigenvalue weighted by atomic mass is 10.1. The van der Waals surface area contributed by atoms with E-state index in [1.165, 1.54) is 6.20 Å². The normalized spacial score (nSPS) is 19.9. The first-order chi connectivity index (χ1) is 12.5. The van der Waals surface area contributed by atoms with Gasteiger partial charge in [-0.15, -0.1) is 0 Å². The lowest BCUT2D eigenvalue weighted by molar-refractivity contribution is 0.143. The predicted molar refractivity (Wildman–Crippen MR) is 92.3 cm³/mol. The summed E-state index contributed by atoms with van der Waals surface area (Å²) in [4.78, 5) is 29.6. The molecule has 0 spiro atoms. The number of carbonyl (C=O) groups is 1. The van der Waals surface area contributed by atoms with E-state index in [4.69, 9.17) is 10.8 Å². The van der Waals surface area contributed by atoms with Gasteiger partial charge in [0, 0.05) is 19.1 Å². The summed E-state index contributed by atoms with van der Waals surface area (Å²) in [6.07, 6.45) is 2.42. The van der Waals surface area contributed by atoms with E-state index in [0.717, 1.165) is 25.3 Å². The van der Waals surface area contributed by atoms with Crippen LogP contribution >= 0.6 is 0 Å². The van der Waals surface area contributed by atoms with Gasteiger partial charge in [0.05, 0.1) is 11.6 Å². The molecule has 138 valence electrons. The zero-order valence-electron chi connectivity index (χ0n) is 14.0. The molecule has 1 saturated heterocycles. The molecule has 3 heterocycles. The number of hydrogen-bond donors (Lipinski definition) is 2. The summed E-state index contributed by atoms with van der Waals surface area (Å²) in [5.41, 5.74) is 5.37. The molecule has 2 aromatic rings. The highest BCUT2D eigenvalue weighted by atomic mass is 19.1. The van der Waals surface area contributed by atoms with Gasteiger partial charge in [0.2, 0.25) is 5.43 Å². The average molecular weight is 362 g/mol. The molecule has 0 radical (unpaired) electrons. The Bertz CT molecular complexity index is 940. The van der Waals surface area contributed by atoms with Gasteiger partial charge >= 0.3 is 6.16 Å². The molecular weight excluding hydrogens is 343 g/mol. The first kappa shape index (κ1) is 16.8. The Morgan fingerprint density at radius 1 is 1.42 bits per heavy atom. The van der Waals surface area contributed by atoms with Crippen molar-refractivity contribution in [3.8, 4) is 5.75 Å². The molecule has 2 fully saturated rings.